The molecule has 0 N–H and O–H groups in total. The van der Waals surface area contributed by atoms with Crippen molar-refractivity contribution in [3.8, 4) is 11.3 Å². The van der Waals surface area contributed by atoms with Crippen molar-refractivity contribution >= 4 is 28.1 Å². The molecule has 0 saturated carbocycles. The number of aromatic nitrogens is 3. The third kappa shape index (κ3) is 2.93. The van der Waals surface area contributed by atoms with E-state index in [4.69, 9.17) is 4.42 Å². The average molecular weight is 341 g/mol. The highest BCUT2D eigenvalue weighted by atomic mass is 32.2. The van der Waals surface area contributed by atoms with Crippen LogP contribution >= 0.6 is 23.1 Å². The Labute approximate surface area is 139 Å². The number of hydrogen-bond donors (Lipinski definition) is 0. The van der Waals surface area contributed by atoms with Crippen LogP contribution in [0.15, 0.2) is 68.6 Å². The van der Waals surface area contributed by atoms with E-state index in [0.29, 0.717) is 15.9 Å². The maximum absolute atomic E-state index is 11.9. The van der Waals surface area contributed by atoms with E-state index in [9.17, 15) is 4.79 Å². The van der Waals surface area contributed by atoms with Gasteiger partial charge in [-0.15, -0.1) is 11.3 Å². The van der Waals surface area contributed by atoms with E-state index in [-0.39, 0.29) is 5.56 Å². The number of thioether (sulfide) groups is 1. The van der Waals surface area contributed by atoms with Crippen LogP contribution in [0, 0.1) is 0 Å². The largest absolute Gasteiger partial charge is 0.431 e. The minimum absolute atomic E-state index is 0.0655. The first-order valence-electron chi connectivity index (χ1n) is 6.89. The Morgan fingerprint density at radius 2 is 2.13 bits per heavy atom. The number of oxazole rings is 1. The lowest BCUT2D eigenvalue weighted by Gasteiger charge is -1.99. The van der Waals surface area contributed by atoms with E-state index in [1.165, 1.54) is 27.5 Å². The second kappa shape index (κ2) is 6.02. The molecule has 0 radical (unpaired) electrons. The van der Waals surface area contributed by atoms with Crippen molar-refractivity contribution in [1.29, 1.82) is 0 Å². The van der Waals surface area contributed by atoms with Gasteiger partial charge in [-0.25, -0.2) is 9.97 Å². The van der Waals surface area contributed by atoms with Gasteiger partial charge >= 0.3 is 0 Å². The molecule has 0 bridgehead atoms. The van der Waals surface area contributed by atoms with Gasteiger partial charge in [-0.2, -0.15) is 0 Å². The summed E-state index contributed by atoms with van der Waals surface area (Å²) >= 11 is 2.87. The Morgan fingerprint density at radius 3 is 3.00 bits per heavy atom. The van der Waals surface area contributed by atoms with Crippen LogP contribution in [-0.4, -0.2) is 14.4 Å². The second-order valence-corrected chi connectivity index (χ2v) is 6.59. The summed E-state index contributed by atoms with van der Waals surface area (Å²) < 4.78 is 7.28. The van der Waals surface area contributed by atoms with Gasteiger partial charge in [0.1, 0.15) is 0 Å². The summed E-state index contributed by atoms with van der Waals surface area (Å²) in [5, 5.41) is 2.41. The number of fused-ring (bicyclic) bond motifs is 1. The minimum atomic E-state index is -0.0655. The molecule has 4 aromatic rings. The molecule has 0 saturated heterocycles. The van der Waals surface area contributed by atoms with Crippen LogP contribution in [0.2, 0.25) is 0 Å². The molecule has 4 rings (SSSR count). The standard InChI is InChI=1S/C16H11N3O2S2/c20-14-8-12(18-15-19(14)6-7-22-15)10-23-16-17-9-13(21-16)11-4-2-1-3-5-11/h1-9H,10H2. The lowest BCUT2D eigenvalue weighted by Crippen LogP contribution is -2.12. The van der Waals surface area contributed by atoms with Gasteiger partial charge in [-0.1, -0.05) is 42.1 Å². The number of benzene rings is 1. The Balaban J connectivity index is 1.52. The van der Waals surface area contributed by atoms with E-state index >= 15 is 0 Å². The predicted octanol–water partition coefficient (Wildman–Crippen LogP) is 3.70. The van der Waals surface area contributed by atoms with Crippen LogP contribution in [-0.2, 0) is 5.75 Å². The zero-order valence-corrected chi connectivity index (χ0v) is 13.5. The molecule has 3 heterocycles. The van der Waals surface area contributed by atoms with Crippen molar-refractivity contribution in [1.82, 2.24) is 14.4 Å². The molecule has 0 aliphatic rings. The van der Waals surface area contributed by atoms with E-state index in [1.54, 1.807) is 18.5 Å². The molecular formula is C16H11N3O2S2. The summed E-state index contributed by atoms with van der Waals surface area (Å²) in [5.41, 5.74) is 1.65. The van der Waals surface area contributed by atoms with Crippen LogP contribution in [0.4, 0.5) is 0 Å². The van der Waals surface area contributed by atoms with Crippen molar-refractivity contribution in [2.45, 2.75) is 11.0 Å². The molecule has 3 aromatic heterocycles. The Kier molecular flexibility index (Phi) is 3.72. The smallest absolute Gasteiger partial charge is 0.258 e. The van der Waals surface area contributed by atoms with Crippen molar-refractivity contribution in [2.24, 2.45) is 0 Å². The molecule has 0 amide bonds. The SMILES string of the molecule is O=c1cc(CSc2ncc(-c3ccccc3)o2)nc2sccn12. The molecule has 0 aliphatic heterocycles. The maximum atomic E-state index is 11.9. The van der Waals surface area contributed by atoms with Crippen LogP contribution < -0.4 is 5.56 Å². The molecule has 23 heavy (non-hydrogen) atoms. The number of hydrogen-bond acceptors (Lipinski definition) is 6. The molecule has 114 valence electrons. The van der Waals surface area contributed by atoms with E-state index in [2.05, 4.69) is 9.97 Å². The fraction of sp³-hybridized carbons (Fsp3) is 0.0625. The molecule has 0 aliphatic carbocycles. The average Bonchev–Trinajstić information content (AvgIpc) is 3.23. The third-order valence-corrected chi connectivity index (χ3v) is 4.87. The highest BCUT2D eigenvalue weighted by Gasteiger charge is 2.09. The quantitative estimate of drug-likeness (QED) is 0.530. The van der Waals surface area contributed by atoms with Gasteiger partial charge in [0, 0.05) is 29.0 Å². The molecule has 0 spiro atoms. The first kappa shape index (κ1) is 14.2. The molecule has 0 unspecified atom stereocenters. The molecule has 5 nitrogen and oxygen atoms in total. The van der Waals surface area contributed by atoms with Crippen molar-refractivity contribution in [3.05, 3.63) is 70.2 Å². The van der Waals surface area contributed by atoms with Gasteiger partial charge in [0.05, 0.1) is 11.9 Å². The van der Waals surface area contributed by atoms with Gasteiger partial charge in [0.2, 0.25) is 0 Å². The lowest BCUT2D eigenvalue weighted by molar-refractivity contribution is 0.466. The van der Waals surface area contributed by atoms with Gasteiger partial charge in [0.15, 0.2) is 10.7 Å². The predicted molar refractivity (Wildman–Crippen MR) is 90.8 cm³/mol. The van der Waals surface area contributed by atoms with E-state index in [0.717, 1.165) is 17.0 Å². The summed E-state index contributed by atoms with van der Waals surface area (Å²) in [6.07, 6.45) is 3.44. The van der Waals surface area contributed by atoms with E-state index in [1.807, 2.05) is 35.7 Å². The fourth-order valence-corrected chi connectivity index (χ4v) is 3.59. The first-order chi connectivity index (χ1) is 11.3. The summed E-state index contributed by atoms with van der Waals surface area (Å²) in [7, 11) is 0. The lowest BCUT2D eigenvalue weighted by atomic mass is 10.2. The van der Waals surface area contributed by atoms with Crippen LogP contribution in [0.25, 0.3) is 16.3 Å². The molecule has 0 fully saturated rings. The topological polar surface area (TPSA) is 60.4 Å². The zero-order valence-electron chi connectivity index (χ0n) is 11.9. The summed E-state index contributed by atoms with van der Waals surface area (Å²) in [5.74, 6) is 1.27. The van der Waals surface area contributed by atoms with Gasteiger partial charge in [0.25, 0.3) is 10.8 Å². The van der Waals surface area contributed by atoms with Gasteiger partial charge in [-0.3, -0.25) is 9.20 Å². The maximum Gasteiger partial charge on any atom is 0.258 e. The van der Waals surface area contributed by atoms with Crippen LogP contribution in [0.3, 0.4) is 0 Å². The number of thiazole rings is 1. The van der Waals surface area contributed by atoms with Crippen molar-refractivity contribution in [3.63, 3.8) is 0 Å². The number of rotatable bonds is 4. The van der Waals surface area contributed by atoms with Crippen molar-refractivity contribution in [2.75, 3.05) is 0 Å². The highest BCUT2D eigenvalue weighted by Crippen LogP contribution is 2.27. The fourth-order valence-electron chi connectivity index (χ4n) is 2.16. The minimum Gasteiger partial charge on any atom is -0.431 e. The molecule has 1 aromatic carbocycles. The Hall–Kier alpha value is -2.38. The van der Waals surface area contributed by atoms with Crippen LogP contribution in [0.5, 0.6) is 0 Å². The Bertz CT molecular complexity index is 1000. The van der Waals surface area contributed by atoms with Gasteiger partial charge < -0.3 is 4.42 Å². The monoisotopic (exact) mass is 341 g/mol. The molecule has 0 atom stereocenters. The van der Waals surface area contributed by atoms with Gasteiger partial charge in [-0.05, 0) is 0 Å². The summed E-state index contributed by atoms with van der Waals surface area (Å²) in [4.78, 5) is 21.4. The van der Waals surface area contributed by atoms with Crippen LogP contribution in [0.1, 0.15) is 5.69 Å². The summed E-state index contributed by atoms with van der Waals surface area (Å²) in [6.45, 7) is 0. The molecule has 7 heteroatoms. The normalized spacial score (nSPS) is 11.1. The van der Waals surface area contributed by atoms with Crippen molar-refractivity contribution < 1.29 is 4.42 Å². The Morgan fingerprint density at radius 1 is 1.26 bits per heavy atom. The second-order valence-electron chi connectivity index (χ2n) is 4.79. The third-order valence-electron chi connectivity index (χ3n) is 3.24. The first-order valence-corrected chi connectivity index (χ1v) is 8.76. The summed E-state index contributed by atoms with van der Waals surface area (Å²) in [6, 6.07) is 11.4. The highest BCUT2D eigenvalue weighted by molar-refractivity contribution is 7.98. The molecular weight excluding hydrogens is 330 g/mol. The van der Waals surface area contributed by atoms with E-state index < -0.39 is 0 Å². The zero-order chi connectivity index (χ0) is 15.6. The number of nitrogens with zero attached hydrogens (tertiary/aromatic N) is 3.